The Morgan fingerprint density at radius 3 is 2.58 bits per heavy atom. The number of hydrogen-bond acceptors (Lipinski definition) is 4. The molecule has 4 nitrogen and oxygen atoms in total. The molecule has 1 aromatic heterocycles. The zero-order valence-electron chi connectivity index (χ0n) is 10.7. The predicted molar refractivity (Wildman–Crippen MR) is 75.6 cm³/mol. The molecule has 0 unspecified atom stereocenters. The molecule has 2 N–H and O–H groups in total. The lowest BCUT2D eigenvalue weighted by atomic mass is 10.3. The van der Waals surface area contributed by atoms with Crippen LogP contribution in [-0.2, 0) is 6.42 Å². The van der Waals surface area contributed by atoms with E-state index < -0.39 is 5.82 Å². The normalized spacial score (nSPS) is 10.3. The Balaban J connectivity index is 2.29. The molecule has 0 aliphatic carbocycles. The molecule has 0 aliphatic rings. The standard InChI is InChI=1S/C13H14ClFN4/c1-3-11-18-12(16-2)7-13(19-11)17-8-4-5-10(15)9(14)6-8/h4-7H,3H2,1-2H3,(H2,16,17,18,19). The number of aryl methyl sites for hydroxylation is 1. The van der Waals surface area contributed by atoms with Crippen molar-refractivity contribution in [2.24, 2.45) is 0 Å². The predicted octanol–water partition coefficient (Wildman–Crippen LogP) is 3.62. The fourth-order valence-corrected chi connectivity index (χ4v) is 1.75. The van der Waals surface area contributed by atoms with Crippen molar-refractivity contribution in [1.29, 1.82) is 0 Å². The third kappa shape index (κ3) is 3.32. The first-order chi connectivity index (χ1) is 9.12. The molecule has 0 amide bonds. The highest BCUT2D eigenvalue weighted by Gasteiger charge is 2.05. The largest absolute Gasteiger partial charge is 0.373 e. The zero-order chi connectivity index (χ0) is 13.8. The molecule has 0 bridgehead atoms. The van der Waals surface area contributed by atoms with Crippen molar-refractivity contribution >= 4 is 28.9 Å². The second kappa shape index (κ2) is 5.84. The minimum Gasteiger partial charge on any atom is -0.373 e. The monoisotopic (exact) mass is 280 g/mol. The Hall–Kier alpha value is -1.88. The summed E-state index contributed by atoms with van der Waals surface area (Å²) in [6, 6.07) is 6.21. The van der Waals surface area contributed by atoms with Crippen molar-refractivity contribution in [2.75, 3.05) is 17.7 Å². The van der Waals surface area contributed by atoms with Crippen molar-refractivity contribution in [3.8, 4) is 0 Å². The third-order valence-corrected chi connectivity index (χ3v) is 2.83. The summed E-state index contributed by atoms with van der Waals surface area (Å²) in [4.78, 5) is 8.64. The maximum atomic E-state index is 13.1. The van der Waals surface area contributed by atoms with Gasteiger partial charge in [0.15, 0.2) is 0 Å². The minimum atomic E-state index is -0.444. The number of benzene rings is 1. The van der Waals surface area contributed by atoms with Gasteiger partial charge in [0.05, 0.1) is 5.02 Å². The van der Waals surface area contributed by atoms with Crippen LogP contribution in [0.4, 0.5) is 21.7 Å². The summed E-state index contributed by atoms with van der Waals surface area (Å²) in [6.45, 7) is 1.98. The van der Waals surface area contributed by atoms with Crippen LogP contribution in [0.3, 0.4) is 0 Å². The lowest BCUT2D eigenvalue weighted by molar-refractivity contribution is 0.628. The molecule has 19 heavy (non-hydrogen) atoms. The second-order valence-corrected chi connectivity index (χ2v) is 4.32. The van der Waals surface area contributed by atoms with E-state index in [2.05, 4.69) is 20.6 Å². The van der Waals surface area contributed by atoms with Crippen LogP contribution in [0.5, 0.6) is 0 Å². The average molecular weight is 281 g/mol. The molecule has 0 saturated carbocycles. The highest BCUT2D eigenvalue weighted by Crippen LogP contribution is 2.22. The number of hydrogen-bond donors (Lipinski definition) is 2. The lowest BCUT2D eigenvalue weighted by Crippen LogP contribution is -2.03. The van der Waals surface area contributed by atoms with Gasteiger partial charge in [-0.3, -0.25) is 0 Å². The van der Waals surface area contributed by atoms with Gasteiger partial charge in [0.25, 0.3) is 0 Å². The van der Waals surface area contributed by atoms with E-state index in [4.69, 9.17) is 11.6 Å². The molecule has 2 aromatic rings. The van der Waals surface area contributed by atoms with Crippen LogP contribution in [0.2, 0.25) is 5.02 Å². The van der Waals surface area contributed by atoms with Gasteiger partial charge in [-0.15, -0.1) is 0 Å². The molecule has 0 radical (unpaired) electrons. The van der Waals surface area contributed by atoms with Crippen LogP contribution >= 0.6 is 11.6 Å². The molecule has 0 atom stereocenters. The molecule has 1 aromatic carbocycles. The molecule has 0 aliphatic heterocycles. The van der Waals surface area contributed by atoms with E-state index in [1.807, 2.05) is 6.92 Å². The third-order valence-electron chi connectivity index (χ3n) is 2.54. The van der Waals surface area contributed by atoms with E-state index in [9.17, 15) is 4.39 Å². The van der Waals surface area contributed by atoms with Gasteiger partial charge in [-0.25, -0.2) is 14.4 Å². The molecule has 0 fully saturated rings. The number of nitrogens with zero attached hydrogens (tertiary/aromatic N) is 2. The summed E-state index contributed by atoms with van der Waals surface area (Å²) in [7, 11) is 1.79. The van der Waals surface area contributed by atoms with Gasteiger partial charge in [-0.2, -0.15) is 0 Å². The maximum Gasteiger partial charge on any atom is 0.141 e. The molecular formula is C13H14ClFN4. The van der Waals surface area contributed by atoms with Crippen LogP contribution in [0.15, 0.2) is 24.3 Å². The van der Waals surface area contributed by atoms with Gasteiger partial charge in [-0.05, 0) is 18.2 Å². The lowest BCUT2D eigenvalue weighted by Gasteiger charge is -2.09. The van der Waals surface area contributed by atoms with Gasteiger partial charge in [0.1, 0.15) is 23.3 Å². The van der Waals surface area contributed by atoms with E-state index in [0.717, 1.165) is 18.1 Å². The van der Waals surface area contributed by atoms with Gasteiger partial charge < -0.3 is 10.6 Å². The first-order valence-electron chi connectivity index (χ1n) is 5.90. The average Bonchev–Trinajstić information content (AvgIpc) is 2.42. The second-order valence-electron chi connectivity index (χ2n) is 3.91. The van der Waals surface area contributed by atoms with Gasteiger partial charge in [-0.1, -0.05) is 18.5 Å². The van der Waals surface area contributed by atoms with E-state index in [1.54, 1.807) is 19.2 Å². The van der Waals surface area contributed by atoms with E-state index >= 15 is 0 Å². The van der Waals surface area contributed by atoms with Crippen LogP contribution < -0.4 is 10.6 Å². The van der Waals surface area contributed by atoms with E-state index in [1.165, 1.54) is 12.1 Å². The summed E-state index contributed by atoms with van der Waals surface area (Å²) in [5.74, 6) is 1.64. The SMILES string of the molecule is CCc1nc(NC)cc(Nc2ccc(F)c(Cl)c2)n1. The van der Waals surface area contributed by atoms with Crippen molar-refractivity contribution in [3.05, 3.63) is 40.9 Å². The number of rotatable bonds is 4. The first-order valence-corrected chi connectivity index (χ1v) is 6.28. The molecule has 0 saturated heterocycles. The van der Waals surface area contributed by atoms with E-state index in [0.29, 0.717) is 11.5 Å². The summed E-state index contributed by atoms with van der Waals surface area (Å²) in [5, 5.41) is 6.12. The van der Waals surface area contributed by atoms with Gasteiger partial charge in [0.2, 0.25) is 0 Å². The summed E-state index contributed by atoms with van der Waals surface area (Å²) < 4.78 is 13.1. The highest BCUT2D eigenvalue weighted by molar-refractivity contribution is 6.31. The van der Waals surface area contributed by atoms with Crippen molar-refractivity contribution in [3.63, 3.8) is 0 Å². The fraction of sp³-hybridized carbons (Fsp3) is 0.231. The van der Waals surface area contributed by atoms with Crippen LogP contribution in [0.25, 0.3) is 0 Å². The summed E-state index contributed by atoms with van der Waals surface area (Å²) in [5.41, 5.74) is 0.675. The summed E-state index contributed by atoms with van der Waals surface area (Å²) >= 11 is 5.74. The molecule has 1 heterocycles. The van der Waals surface area contributed by atoms with Gasteiger partial charge >= 0.3 is 0 Å². The molecule has 100 valence electrons. The quantitative estimate of drug-likeness (QED) is 0.898. The number of nitrogens with one attached hydrogen (secondary N) is 2. The number of anilines is 3. The van der Waals surface area contributed by atoms with Crippen LogP contribution in [0, 0.1) is 5.82 Å². The fourth-order valence-electron chi connectivity index (χ4n) is 1.57. The van der Waals surface area contributed by atoms with E-state index in [-0.39, 0.29) is 5.02 Å². The zero-order valence-corrected chi connectivity index (χ0v) is 11.4. The molecule has 0 spiro atoms. The Morgan fingerprint density at radius 2 is 1.95 bits per heavy atom. The first kappa shape index (κ1) is 13.5. The minimum absolute atomic E-state index is 0.0728. The van der Waals surface area contributed by atoms with Crippen molar-refractivity contribution in [2.45, 2.75) is 13.3 Å². The Kier molecular flexibility index (Phi) is 4.16. The Bertz CT molecular complexity index is 567. The number of aromatic nitrogens is 2. The Labute approximate surface area is 116 Å². The highest BCUT2D eigenvalue weighted by atomic mass is 35.5. The molecular weight excluding hydrogens is 267 g/mol. The number of halogens is 2. The smallest absolute Gasteiger partial charge is 0.141 e. The topological polar surface area (TPSA) is 49.8 Å². The van der Waals surface area contributed by atoms with Crippen molar-refractivity contribution in [1.82, 2.24) is 9.97 Å². The maximum absolute atomic E-state index is 13.1. The Morgan fingerprint density at radius 1 is 1.21 bits per heavy atom. The van der Waals surface area contributed by atoms with Crippen LogP contribution in [-0.4, -0.2) is 17.0 Å². The van der Waals surface area contributed by atoms with Crippen molar-refractivity contribution < 1.29 is 4.39 Å². The molecule has 6 heteroatoms. The molecule has 2 rings (SSSR count). The van der Waals surface area contributed by atoms with Crippen LogP contribution in [0.1, 0.15) is 12.7 Å². The summed E-state index contributed by atoms with van der Waals surface area (Å²) in [6.07, 6.45) is 0.731. The van der Waals surface area contributed by atoms with Gasteiger partial charge in [0, 0.05) is 25.2 Å².